The molecule has 3 fully saturated rings. The fourth-order valence-corrected chi connectivity index (χ4v) is 6.30. The highest BCUT2D eigenvalue weighted by atomic mass is 19.4. The summed E-state index contributed by atoms with van der Waals surface area (Å²) < 4.78 is 75.1. The highest BCUT2D eigenvalue weighted by Crippen LogP contribution is 2.46. The third-order valence-electron chi connectivity index (χ3n) is 8.23. The van der Waals surface area contributed by atoms with Gasteiger partial charge in [-0.2, -0.15) is 0 Å². The molecule has 4 aromatic rings. The fraction of sp³-hybridized carbons (Fsp3) is 0.414. The summed E-state index contributed by atoms with van der Waals surface area (Å²) in [6.07, 6.45) is 0.186. The molecule has 9 nitrogen and oxygen atoms in total. The van der Waals surface area contributed by atoms with Crippen LogP contribution < -0.4 is 15.4 Å². The summed E-state index contributed by atoms with van der Waals surface area (Å²) in [6, 6.07) is 11.0. The number of piperidine rings is 1. The predicted molar refractivity (Wildman–Crippen MR) is 140 cm³/mol. The van der Waals surface area contributed by atoms with Crippen LogP contribution in [0.3, 0.4) is 0 Å². The summed E-state index contributed by atoms with van der Waals surface area (Å²) in [5.74, 6) is -0.762. The van der Waals surface area contributed by atoms with E-state index in [2.05, 4.69) is 29.5 Å². The predicted octanol–water partition coefficient (Wildman–Crippen LogP) is 6.32. The number of ether oxygens (including phenoxy) is 2. The van der Waals surface area contributed by atoms with Gasteiger partial charge in [0.25, 0.3) is 0 Å². The minimum atomic E-state index is -4.85. The van der Waals surface area contributed by atoms with E-state index in [1.54, 1.807) is 12.1 Å². The number of alkyl halides is 3. The monoisotopic (exact) mass is 586 g/mol. The van der Waals surface area contributed by atoms with Crippen LogP contribution in [0, 0.1) is 5.82 Å². The quantitative estimate of drug-likeness (QED) is 0.239. The molecule has 0 radical (unpaired) electrons. The van der Waals surface area contributed by atoms with Crippen LogP contribution in [0.25, 0.3) is 22.6 Å². The zero-order valence-corrected chi connectivity index (χ0v) is 22.2. The number of aromatic nitrogens is 3. The number of para-hydroxylation sites is 1. The average Bonchev–Trinajstić information content (AvgIpc) is 3.47. The lowest BCUT2D eigenvalue weighted by molar-refractivity contribution is -0.274. The maximum Gasteiger partial charge on any atom is 0.573 e. The van der Waals surface area contributed by atoms with Crippen molar-refractivity contribution in [3.63, 3.8) is 0 Å². The van der Waals surface area contributed by atoms with Gasteiger partial charge in [-0.25, -0.2) is 9.18 Å². The van der Waals surface area contributed by atoms with Gasteiger partial charge in [-0.05, 0) is 68.9 Å². The SMILES string of the molecule is O=c1[nH]c(-c2ccc(N3C4CCC3CC(OCc3c(-c5ccccc5OC(F)(F)F)noc3C3CC3)C4)cc2F)no1. The fourth-order valence-electron chi connectivity index (χ4n) is 6.30. The van der Waals surface area contributed by atoms with Crippen molar-refractivity contribution in [2.75, 3.05) is 4.90 Å². The van der Waals surface area contributed by atoms with Crippen LogP contribution in [0.15, 0.2) is 56.3 Å². The molecular formula is C29H26F4N4O5. The lowest BCUT2D eigenvalue weighted by Gasteiger charge is -2.40. The molecule has 2 aromatic heterocycles. The van der Waals surface area contributed by atoms with Gasteiger partial charge in [0.1, 0.15) is 23.0 Å². The Morgan fingerprint density at radius 2 is 1.74 bits per heavy atom. The summed E-state index contributed by atoms with van der Waals surface area (Å²) >= 11 is 0. The third-order valence-corrected chi connectivity index (χ3v) is 8.23. The first-order chi connectivity index (χ1) is 20.2. The lowest BCUT2D eigenvalue weighted by atomic mass is 9.98. The highest BCUT2D eigenvalue weighted by Gasteiger charge is 2.42. The number of H-pyrrole nitrogens is 1. The molecule has 2 aliphatic heterocycles. The second kappa shape index (κ2) is 10.3. The van der Waals surface area contributed by atoms with Crippen LogP contribution in [-0.4, -0.2) is 39.8 Å². The molecule has 2 saturated heterocycles. The number of nitrogens with zero attached hydrogens (tertiary/aromatic N) is 3. The number of hydrogen-bond acceptors (Lipinski definition) is 8. The molecule has 7 rings (SSSR count). The van der Waals surface area contributed by atoms with Gasteiger partial charge < -0.3 is 18.9 Å². The normalized spacial score (nSPS) is 22.1. The third kappa shape index (κ3) is 5.17. The van der Waals surface area contributed by atoms with Crippen molar-refractivity contribution in [1.29, 1.82) is 0 Å². The maximum absolute atomic E-state index is 15.0. The number of halogens is 4. The molecule has 2 atom stereocenters. The standard InChI is InChI=1S/C29H26F4N4O5/c30-23-13-18(9-10-20(23)27-34-28(38)42-36-27)37-16-7-8-17(37)12-19(11-16)39-14-22-25(35-41-26(22)15-5-6-15)21-3-1-2-4-24(21)40-29(31,32)33/h1-4,9-10,13,15-17,19H,5-8,11-12,14H2,(H,34,36,38). The Hall–Kier alpha value is -4.13. The molecule has 0 amide bonds. The zero-order chi connectivity index (χ0) is 29.0. The minimum absolute atomic E-state index is 0.0328. The summed E-state index contributed by atoms with van der Waals surface area (Å²) in [5, 5.41) is 7.73. The van der Waals surface area contributed by atoms with Crippen molar-refractivity contribution in [2.45, 2.75) is 75.6 Å². The molecule has 42 heavy (non-hydrogen) atoms. The number of aromatic amines is 1. The van der Waals surface area contributed by atoms with E-state index < -0.39 is 17.9 Å². The number of rotatable bonds is 8. The second-order valence-corrected chi connectivity index (χ2v) is 11.0. The van der Waals surface area contributed by atoms with E-state index in [9.17, 15) is 22.4 Å². The van der Waals surface area contributed by atoms with E-state index in [4.69, 9.17) is 9.26 Å². The Labute approximate surface area is 236 Å². The molecule has 1 N–H and O–H groups in total. The maximum atomic E-state index is 15.0. The molecule has 2 aromatic carbocycles. The van der Waals surface area contributed by atoms with E-state index in [1.165, 1.54) is 24.3 Å². The Morgan fingerprint density at radius 1 is 0.976 bits per heavy atom. The van der Waals surface area contributed by atoms with E-state index >= 15 is 0 Å². The molecule has 13 heteroatoms. The summed E-state index contributed by atoms with van der Waals surface area (Å²) in [4.78, 5) is 15.9. The summed E-state index contributed by atoms with van der Waals surface area (Å²) in [6.45, 7) is 0.147. The lowest BCUT2D eigenvalue weighted by Crippen LogP contribution is -2.45. The van der Waals surface area contributed by atoms with Crippen molar-refractivity contribution >= 4 is 5.69 Å². The van der Waals surface area contributed by atoms with Gasteiger partial charge in [0.05, 0.1) is 18.3 Å². The van der Waals surface area contributed by atoms with Crippen LogP contribution in [0.2, 0.25) is 0 Å². The second-order valence-electron chi connectivity index (χ2n) is 11.0. The number of nitrogens with one attached hydrogen (secondary N) is 1. The number of anilines is 1. The van der Waals surface area contributed by atoms with Crippen LogP contribution in [0.1, 0.15) is 55.8 Å². The zero-order valence-electron chi connectivity index (χ0n) is 22.2. The van der Waals surface area contributed by atoms with Gasteiger partial charge in [-0.1, -0.05) is 22.4 Å². The number of benzene rings is 2. The van der Waals surface area contributed by atoms with Crippen molar-refractivity contribution in [2.24, 2.45) is 0 Å². The van der Waals surface area contributed by atoms with Crippen molar-refractivity contribution in [3.05, 3.63) is 70.2 Å². The van der Waals surface area contributed by atoms with Crippen molar-refractivity contribution in [3.8, 4) is 28.4 Å². The Balaban J connectivity index is 1.08. The van der Waals surface area contributed by atoms with E-state index in [1.807, 2.05) is 6.07 Å². The number of hydrogen-bond donors (Lipinski definition) is 1. The Morgan fingerprint density at radius 3 is 2.40 bits per heavy atom. The average molecular weight is 587 g/mol. The van der Waals surface area contributed by atoms with Gasteiger partial charge in [-0.15, -0.1) is 13.2 Å². The van der Waals surface area contributed by atoms with Gasteiger partial charge in [-0.3, -0.25) is 9.51 Å². The van der Waals surface area contributed by atoms with Crippen LogP contribution >= 0.6 is 0 Å². The largest absolute Gasteiger partial charge is 0.573 e. The van der Waals surface area contributed by atoms with Crippen LogP contribution in [0.5, 0.6) is 5.75 Å². The first kappa shape index (κ1) is 26.7. The van der Waals surface area contributed by atoms with Crippen molar-refractivity contribution < 1.29 is 36.1 Å². The van der Waals surface area contributed by atoms with Gasteiger partial charge in [0, 0.05) is 34.8 Å². The molecule has 0 spiro atoms. The van der Waals surface area contributed by atoms with E-state index in [-0.39, 0.29) is 53.4 Å². The van der Waals surface area contributed by atoms with Crippen molar-refractivity contribution in [1.82, 2.24) is 15.3 Å². The van der Waals surface area contributed by atoms with Gasteiger partial charge in [0.15, 0.2) is 5.82 Å². The first-order valence-electron chi connectivity index (χ1n) is 13.8. The van der Waals surface area contributed by atoms with Gasteiger partial charge in [0.2, 0.25) is 0 Å². The van der Waals surface area contributed by atoms with E-state index in [0.717, 1.165) is 31.4 Å². The molecule has 1 saturated carbocycles. The molecule has 2 unspecified atom stereocenters. The number of fused-ring (bicyclic) bond motifs is 2. The minimum Gasteiger partial charge on any atom is -0.405 e. The Bertz CT molecular complexity index is 1650. The highest BCUT2D eigenvalue weighted by molar-refractivity contribution is 5.70. The molecule has 2 bridgehead atoms. The molecule has 3 aliphatic rings. The topological polar surface area (TPSA) is 107 Å². The molecule has 1 aliphatic carbocycles. The van der Waals surface area contributed by atoms with Crippen LogP contribution in [0.4, 0.5) is 23.2 Å². The van der Waals surface area contributed by atoms with Crippen LogP contribution in [-0.2, 0) is 11.3 Å². The first-order valence-corrected chi connectivity index (χ1v) is 13.8. The van der Waals surface area contributed by atoms with Gasteiger partial charge >= 0.3 is 12.1 Å². The molecular weight excluding hydrogens is 560 g/mol. The van der Waals surface area contributed by atoms with E-state index in [0.29, 0.717) is 29.9 Å². The summed E-state index contributed by atoms with van der Waals surface area (Å²) in [5.41, 5.74) is 2.02. The Kier molecular flexibility index (Phi) is 6.56. The smallest absolute Gasteiger partial charge is 0.405 e. The molecule has 220 valence electrons. The molecule has 4 heterocycles. The summed E-state index contributed by atoms with van der Waals surface area (Å²) in [7, 11) is 0.